The third-order valence-corrected chi connectivity index (χ3v) is 7.02. The molecule has 38 heavy (non-hydrogen) atoms. The summed E-state index contributed by atoms with van der Waals surface area (Å²) in [4.78, 5) is 50.4. The van der Waals surface area contributed by atoms with Crippen LogP contribution in [0.1, 0.15) is 40.0 Å². The summed E-state index contributed by atoms with van der Waals surface area (Å²) in [5.74, 6) is 2.62. The number of rotatable bonds is 6. The van der Waals surface area contributed by atoms with E-state index in [9.17, 15) is 19.6 Å². The molecule has 2 fully saturated rings. The third kappa shape index (κ3) is 4.89. The lowest BCUT2D eigenvalue weighted by Gasteiger charge is -2.29. The Hall–Kier alpha value is -4.46. The minimum absolute atomic E-state index is 0.0830. The van der Waals surface area contributed by atoms with Crippen molar-refractivity contribution in [2.75, 3.05) is 55.0 Å². The van der Waals surface area contributed by atoms with Crippen molar-refractivity contribution in [1.82, 2.24) is 14.9 Å². The van der Waals surface area contributed by atoms with E-state index in [1.807, 2.05) is 6.07 Å². The van der Waals surface area contributed by atoms with Gasteiger partial charge in [0.1, 0.15) is 30.0 Å². The predicted octanol–water partition coefficient (Wildman–Crippen LogP) is 1.88. The Labute approximate surface area is 219 Å². The molecule has 0 radical (unpaired) electrons. The molecule has 196 valence electrons. The van der Waals surface area contributed by atoms with E-state index in [0.717, 1.165) is 18.5 Å². The fourth-order valence-corrected chi connectivity index (χ4v) is 5.06. The van der Waals surface area contributed by atoms with Crippen LogP contribution in [0.5, 0.6) is 0 Å². The van der Waals surface area contributed by atoms with Crippen LogP contribution < -0.4 is 15.1 Å². The third-order valence-electron chi connectivity index (χ3n) is 7.02. The lowest BCUT2D eigenvalue weighted by molar-refractivity contribution is 0.111. The molecule has 12 heteroatoms. The second kappa shape index (κ2) is 10.9. The van der Waals surface area contributed by atoms with Crippen molar-refractivity contribution in [3.8, 4) is 6.07 Å². The summed E-state index contributed by atoms with van der Waals surface area (Å²) < 4.78 is 10.7. The molecule has 3 aliphatic rings. The van der Waals surface area contributed by atoms with Crippen LogP contribution in [0.2, 0.25) is 0 Å². The maximum absolute atomic E-state index is 13.3. The van der Waals surface area contributed by atoms with Gasteiger partial charge in [0.2, 0.25) is 0 Å². The number of ether oxygens (including phenoxy) is 2. The first-order valence-electron chi connectivity index (χ1n) is 12.4. The van der Waals surface area contributed by atoms with E-state index in [2.05, 4.69) is 26.3 Å². The molecule has 0 aliphatic carbocycles. The van der Waals surface area contributed by atoms with Gasteiger partial charge < -0.3 is 19.3 Å². The topological polar surface area (TPSA) is 141 Å². The van der Waals surface area contributed by atoms with Crippen LogP contribution in [0.3, 0.4) is 0 Å². The average Bonchev–Trinajstić information content (AvgIpc) is 3.61. The Balaban J connectivity index is 1.37. The van der Waals surface area contributed by atoms with Gasteiger partial charge in [0.25, 0.3) is 5.88 Å². The SMILES string of the molecule is COC1CCN(c2cc(NC(=O)N3CCCc4cc(CN5CCOC5=C=O)c(C=O)nc43)ncc2C#N)C1. The number of aromatic nitrogens is 2. The van der Waals surface area contributed by atoms with Crippen molar-refractivity contribution in [3.05, 3.63) is 46.6 Å². The number of anilines is 3. The summed E-state index contributed by atoms with van der Waals surface area (Å²) in [5.41, 5.74) is 2.79. The highest BCUT2D eigenvalue weighted by Gasteiger charge is 2.29. The van der Waals surface area contributed by atoms with Gasteiger partial charge in [0.05, 0.1) is 23.9 Å². The molecule has 2 aromatic rings. The number of nitrogens with one attached hydrogen (secondary N) is 1. The largest absolute Gasteiger partial charge is 0.469 e. The summed E-state index contributed by atoms with van der Waals surface area (Å²) in [5, 5.41) is 12.4. The number of methoxy groups -OCH3 is 1. The maximum Gasteiger partial charge on any atom is 0.328 e. The zero-order chi connectivity index (χ0) is 26.6. The van der Waals surface area contributed by atoms with E-state index in [1.54, 1.807) is 24.0 Å². The Kier molecular flexibility index (Phi) is 7.22. The van der Waals surface area contributed by atoms with Gasteiger partial charge in [0.15, 0.2) is 12.2 Å². The molecular weight excluding hydrogens is 490 g/mol. The van der Waals surface area contributed by atoms with Gasteiger partial charge in [-0.2, -0.15) is 5.26 Å². The molecule has 0 spiro atoms. The summed E-state index contributed by atoms with van der Waals surface area (Å²) in [6, 6.07) is 5.30. The fourth-order valence-electron chi connectivity index (χ4n) is 5.06. The van der Waals surface area contributed by atoms with Gasteiger partial charge in [0, 0.05) is 51.1 Å². The van der Waals surface area contributed by atoms with Crippen LogP contribution in [0.15, 0.2) is 24.2 Å². The summed E-state index contributed by atoms with van der Waals surface area (Å²) in [6.07, 6.45) is 4.44. The number of pyridine rings is 2. The number of hydrogen-bond donors (Lipinski definition) is 1. The molecule has 0 aromatic carbocycles. The molecule has 3 aliphatic heterocycles. The van der Waals surface area contributed by atoms with Gasteiger partial charge in [-0.3, -0.25) is 15.0 Å². The number of nitriles is 1. The Morgan fingerprint density at radius 2 is 2.21 bits per heavy atom. The molecule has 2 aromatic heterocycles. The number of carbonyl (C=O) groups excluding carboxylic acids is 3. The number of urea groups is 1. The number of aryl methyl sites for hydroxylation is 1. The molecule has 5 rings (SSSR count). The molecule has 0 saturated carbocycles. The fraction of sp³-hybridized carbons (Fsp3) is 0.423. The molecular formula is C26H27N7O5. The molecule has 12 nitrogen and oxygen atoms in total. The minimum Gasteiger partial charge on any atom is -0.469 e. The highest BCUT2D eigenvalue weighted by molar-refractivity contribution is 6.02. The van der Waals surface area contributed by atoms with Gasteiger partial charge in [-0.25, -0.2) is 19.6 Å². The Morgan fingerprint density at radius 3 is 2.95 bits per heavy atom. The molecule has 2 amide bonds. The number of amides is 2. The average molecular weight is 518 g/mol. The van der Waals surface area contributed by atoms with E-state index in [1.165, 1.54) is 11.1 Å². The van der Waals surface area contributed by atoms with Crippen LogP contribution in [-0.4, -0.2) is 79.1 Å². The predicted molar refractivity (Wildman–Crippen MR) is 136 cm³/mol. The second-order valence-electron chi connectivity index (χ2n) is 9.29. The lowest BCUT2D eigenvalue weighted by Crippen LogP contribution is -2.40. The molecule has 2 saturated heterocycles. The van der Waals surface area contributed by atoms with Gasteiger partial charge in [-0.05, 0) is 30.9 Å². The number of hydrogen-bond acceptors (Lipinski definition) is 10. The molecule has 1 N–H and O–H groups in total. The smallest absolute Gasteiger partial charge is 0.328 e. The van der Waals surface area contributed by atoms with Crippen molar-refractivity contribution in [3.63, 3.8) is 0 Å². The van der Waals surface area contributed by atoms with Gasteiger partial charge >= 0.3 is 6.03 Å². The summed E-state index contributed by atoms with van der Waals surface area (Å²) >= 11 is 0. The van der Waals surface area contributed by atoms with Crippen LogP contribution >= 0.6 is 0 Å². The molecule has 5 heterocycles. The zero-order valence-corrected chi connectivity index (χ0v) is 21.0. The van der Waals surface area contributed by atoms with Crippen LogP contribution in [-0.2, 0) is 27.2 Å². The van der Waals surface area contributed by atoms with Crippen molar-refractivity contribution in [2.45, 2.75) is 31.9 Å². The van der Waals surface area contributed by atoms with E-state index < -0.39 is 6.03 Å². The van der Waals surface area contributed by atoms with Crippen molar-refractivity contribution in [2.24, 2.45) is 0 Å². The van der Waals surface area contributed by atoms with Gasteiger partial charge in [-0.1, -0.05) is 0 Å². The standard InChI is InChI=1S/C26H27N7O5/c1-37-20-4-6-31(14-20)22-10-23(28-12-19(22)11-27)30-26(36)33-5-2-3-17-9-18(21(15-34)29-25(17)33)13-32-7-8-38-24(32)16-35/h9-10,12,15,20H,2-8,13-14H2,1H3,(H,28,30,36). The maximum atomic E-state index is 13.3. The minimum atomic E-state index is -0.429. The number of aldehydes is 1. The number of carbonyl (C=O) groups is 2. The van der Waals surface area contributed by atoms with Crippen molar-refractivity contribution < 1.29 is 23.9 Å². The number of nitrogens with zero attached hydrogens (tertiary/aromatic N) is 6. The monoisotopic (exact) mass is 517 g/mol. The van der Waals surface area contributed by atoms with Gasteiger partial charge in [-0.15, -0.1) is 0 Å². The summed E-state index contributed by atoms with van der Waals surface area (Å²) in [6.45, 7) is 2.98. The first-order chi connectivity index (χ1) is 18.5. The molecule has 1 atom stereocenters. The first kappa shape index (κ1) is 25.2. The van der Waals surface area contributed by atoms with Crippen LogP contribution in [0.25, 0.3) is 0 Å². The van der Waals surface area contributed by atoms with E-state index in [0.29, 0.717) is 73.8 Å². The lowest BCUT2D eigenvalue weighted by atomic mass is 10.0. The molecule has 1 unspecified atom stereocenters. The zero-order valence-electron chi connectivity index (χ0n) is 21.0. The Bertz CT molecular complexity index is 1350. The number of fused-ring (bicyclic) bond motifs is 1. The van der Waals surface area contributed by atoms with Crippen LogP contribution in [0.4, 0.5) is 22.1 Å². The van der Waals surface area contributed by atoms with E-state index >= 15 is 0 Å². The van der Waals surface area contributed by atoms with E-state index in [4.69, 9.17) is 9.47 Å². The van der Waals surface area contributed by atoms with Crippen molar-refractivity contribution >= 4 is 35.6 Å². The van der Waals surface area contributed by atoms with Crippen molar-refractivity contribution in [1.29, 1.82) is 5.26 Å². The van der Waals surface area contributed by atoms with Crippen LogP contribution in [0, 0.1) is 11.3 Å². The highest BCUT2D eigenvalue weighted by atomic mass is 16.5. The molecule has 0 bridgehead atoms. The highest BCUT2D eigenvalue weighted by Crippen LogP contribution is 2.30. The first-order valence-corrected chi connectivity index (χ1v) is 12.4. The normalized spacial score (nSPS) is 18.5. The summed E-state index contributed by atoms with van der Waals surface area (Å²) in [7, 11) is 1.67. The Morgan fingerprint density at radius 1 is 1.34 bits per heavy atom. The second-order valence-corrected chi connectivity index (χ2v) is 9.29. The van der Waals surface area contributed by atoms with E-state index in [-0.39, 0.29) is 24.2 Å². The quantitative estimate of drug-likeness (QED) is 0.446.